The lowest BCUT2D eigenvalue weighted by molar-refractivity contribution is -0.00111. The van der Waals surface area contributed by atoms with E-state index in [1.807, 2.05) is 19.1 Å². The van der Waals surface area contributed by atoms with E-state index in [9.17, 15) is 17.6 Å². The molecule has 2 heterocycles. The minimum atomic E-state index is -3.84. The Morgan fingerprint density at radius 1 is 1.05 bits per heavy atom. The van der Waals surface area contributed by atoms with E-state index in [2.05, 4.69) is 17.0 Å². The molecule has 7 nitrogen and oxygen atoms in total. The summed E-state index contributed by atoms with van der Waals surface area (Å²) in [4.78, 5) is 16.7. The van der Waals surface area contributed by atoms with E-state index in [0.29, 0.717) is 37.6 Å². The minimum Gasteiger partial charge on any atom is -0.494 e. The van der Waals surface area contributed by atoms with E-state index >= 15 is 0 Å². The highest BCUT2D eigenvalue weighted by molar-refractivity contribution is 8.13. The van der Waals surface area contributed by atoms with Gasteiger partial charge in [0.15, 0.2) is 0 Å². The van der Waals surface area contributed by atoms with E-state index in [1.54, 1.807) is 17.0 Å². The number of rotatable bonds is 8. The molecule has 1 amide bonds. The minimum absolute atomic E-state index is 0.0135. The maximum atomic E-state index is 13.6. The lowest BCUT2D eigenvalue weighted by atomic mass is 9.90. The Kier molecular flexibility index (Phi) is 7.46. The summed E-state index contributed by atoms with van der Waals surface area (Å²) in [5, 5.41) is 0. The van der Waals surface area contributed by atoms with E-state index < -0.39 is 20.7 Å². The number of benzene rings is 3. The summed E-state index contributed by atoms with van der Waals surface area (Å²) in [5.41, 5.74) is 4.51. The van der Waals surface area contributed by atoms with E-state index in [4.69, 9.17) is 20.2 Å². The summed E-state index contributed by atoms with van der Waals surface area (Å²) < 4.78 is 48.8. The number of hydrogen-bond acceptors (Lipinski definition) is 6. The molecule has 0 N–H and O–H groups in total. The second kappa shape index (κ2) is 10.9. The number of piperidine rings is 1. The van der Waals surface area contributed by atoms with Crippen LogP contribution in [0.2, 0.25) is 0 Å². The van der Waals surface area contributed by atoms with Gasteiger partial charge in [-0.1, -0.05) is 12.1 Å². The van der Waals surface area contributed by atoms with Gasteiger partial charge in [0.1, 0.15) is 17.2 Å². The van der Waals surface area contributed by atoms with Crippen LogP contribution in [0.1, 0.15) is 49.7 Å². The molecule has 6 rings (SSSR count). The van der Waals surface area contributed by atoms with Crippen molar-refractivity contribution >= 4 is 31.5 Å². The standard InChI is InChI=1S/C31H32ClFN2O5S/c1-2-39-29-18-28(22-5-7-24(33)8-6-22)27(21-3-4-21)17-23(29)19-34-15-13-31(14-16-34)20-35(30(36)40-31)25-9-11-26(12-10-25)41(32,37)38/h5-12,17-18,21H,2-4,13-16,19-20H2,1H3. The molecule has 2 aliphatic heterocycles. The molecule has 1 spiro atoms. The van der Waals surface area contributed by atoms with Gasteiger partial charge in [-0.15, -0.1) is 0 Å². The lowest BCUT2D eigenvalue weighted by Gasteiger charge is -2.37. The molecule has 10 heteroatoms. The van der Waals surface area contributed by atoms with Crippen LogP contribution in [-0.2, 0) is 20.3 Å². The molecule has 3 aromatic carbocycles. The third-order valence-corrected chi connectivity index (χ3v) is 9.64. The van der Waals surface area contributed by atoms with Crippen LogP contribution in [-0.4, -0.2) is 51.3 Å². The van der Waals surface area contributed by atoms with Crippen molar-refractivity contribution < 1.29 is 27.1 Å². The normalized spacial score (nSPS) is 19.0. The van der Waals surface area contributed by atoms with Gasteiger partial charge in [-0.2, -0.15) is 0 Å². The van der Waals surface area contributed by atoms with Gasteiger partial charge in [0.25, 0.3) is 9.05 Å². The number of ether oxygens (including phenoxy) is 2. The molecular formula is C31H32ClFN2O5S. The van der Waals surface area contributed by atoms with E-state index in [1.165, 1.54) is 29.8 Å². The van der Waals surface area contributed by atoms with Crippen LogP contribution in [0.15, 0.2) is 65.6 Å². The fourth-order valence-electron chi connectivity index (χ4n) is 5.90. The Morgan fingerprint density at radius 3 is 2.34 bits per heavy atom. The van der Waals surface area contributed by atoms with Crippen LogP contribution in [0.4, 0.5) is 14.9 Å². The van der Waals surface area contributed by atoms with E-state index in [-0.39, 0.29) is 10.7 Å². The summed E-state index contributed by atoms with van der Waals surface area (Å²) in [6.45, 7) is 5.17. The molecule has 3 fully saturated rings. The molecule has 3 aromatic rings. The van der Waals surface area contributed by atoms with Crippen molar-refractivity contribution in [2.24, 2.45) is 0 Å². The predicted octanol–water partition coefficient (Wildman–Crippen LogP) is 6.69. The Morgan fingerprint density at radius 2 is 1.73 bits per heavy atom. The SMILES string of the molecule is CCOc1cc(-c2ccc(F)cc2)c(C2CC2)cc1CN1CCC2(CC1)CN(c1ccc(S(=O)(=O)Cl)cc1)C(=O)O2. The molecule has 0 unspecified atom stereocenters. The number of hydrogen-bond donors (Lipinski definition) is 0. The molecule has 41 heavy (non-hydrogen) atoms. The zero-order chi connectivity index (χ0) is 28.8. The highest BCUT2D eigenvalue weighted by Crippen LogP contribution is 2.47. The monoisotopic (exact) mass is 598 g/mol. The van der Waals surface area contributed by atoms with Crippen molar-refractivity contribution in [3.05, 3.63) is 77.6 Å². The highest BCUT2D eigenvalue weighted by atomic mass is 35.7. The van der Waals surface area contributed by atoms with Gasteiger partial charge in [-0.05, 0) is 90.9 Å². The lowest BCUT2D eigenvalue weighted by Crippen LogP contribution is -2.46. The number of amides is 1. The largest absolute Gasteiger partial charge is 0.494 e. The van der Waals surface area contributed by atoms with Crippen molar-refractivity contribution in [2.75, 3.05) is 31.1 Å². The molecular weight excluding hydrogens is 567 g/mol. The first kappa shape index (κ1) is 28.0. The zero-order valence-corrected chi connectivity index (χ0v) is 24.4. The average Bonchev–Trinajstić information content (AvgIpc) is 3.74. The number of anilines is 1. The third kappa shape index (κ3) is 5.94. The van der Waals surface area contributed by atoms with Crippen molar-refractivity contribution in [3.8, 4) is 16.9 Å². The van der Waals surface area contributed by atoms with Crippen LogP contribution >= 0.6 is 10.7 Å². The summed E-state index contributed by atoms with van der Waals surface area (Å²) in [7, 11) is 1.59. The van der Waals surface area contributed by atoms with Gasteiger partial charge < -0.3 is 9.47 Å². The Bertz CT molecular complexity index is 1550. The van der Waals surface area contributed by atoms with Gasteiger partial charge in [-0.3, -0.25) is 9.80 Å². The Hall–Kier alpha value is -3.14. The topological polar surface area (TPSA) is 76.2 Å². The number of carbonyl (C=O) groups is 1. The molecule has 0 bridgehead atoms. The molecule has 1 saturated carbocycles. The Labute approximate surface area is 244 Å². The maximum Gasteiger partial charge on any atom is 0.415 e. The first-order chi connectivity index (χ1) is 19.6. The zero-order valence-electron chi connectivity index (χ0n) is 22.8. The number of halogens is 2. The molecule has 0 radical (unpaired) electrons. The average molecular weight is 599 g/mol. The van der Waals surface area contributed by atoms with Gasteiger partial charge in [0.05, 0.1) is 18.0 Å². The number of likely N-dealkylation sites (tertiary alicyclic amines) is 1. The first-order valence-electron chi connectivity index (χ1n) is 14.0. The van der Waals surface area contributed by atoms with Crippen molar-refractivity contribution in [1.82, 2.24) is 4.90 Å². The summed E-state index contributed by atoms with van der Waals surface area (Å²) in [6.07, 6.45) is 3.26. The van der Waals surface area contributed by atoms with Crippen LogP contribution in [0, 0.1) is 5.82 Å². The first-order valence-corrected chi connectivity index (χ1v) is 16.3. The van der Waals surface area contributed by atoms with Gasteiger partial charge in [0.2, 0.25) is 0 Å². The van der Waals surface area contributed by atoms with Crippen molar-refractivity contribution in [2.45, 2.75) is 55.6 Å². The number of nitrogens with zero attached hydrogens (tertiary/aromatic N) is 2. The second-order valence-corrected chi connectivity index (χ2v) is 13.7. The molecule has 2 saturated heterocycles. The smallest absolute Gasteiger partial charge is 0.415 e. The van der Waals surface area contributed by atoms with Crippen LogP contribution < -0.4 is 9.64 Å². The van der Waals surface area contributed by atoms with Crippen LogP contribution in [0.3, 0.4) is 0 Å². The highest BCUT2D eigenvalue weighted by Gasteiger charge is 2.47. The molecule has 0 atom stereocenters. The molecule has 1 aliphatic carbocycles. The van der Waals surface area contributed by atoms with Crippen LogP contribution in [0.25, 0.3) is 11.1 Å². The summed E-state index contributed by atoms with van der Waals surface area (Å²) >= 11 is 0. The quantitative estimate of drug-likeness (QED) is 0.269. The van der Waals surface area contributed by atoms with Crippen molar-refractivity contribution in [1.29, 1.82) is 0 Å². The molecule has 3 aliphatic rings. The van der Waals surface area contributed by atoms with Gasteiger partial charge in [0, 0.05) is 54.4 Å². The third-order valence-electron chi connectivity index (χ3n) is 8.27. The molecule has 0 aromatic heterocycles. The molecule has 216 valence electrons. The maximum absolute atomic E-state index is 13.6. The van der Waals surface area contributed by atoms with Crippen molar-refractivity contribution in [3.63, 3.8) is 0 Å². The predicted molar refractivity (Wildman–Crippen MR) is 156 cm³/mol. The summed E-state index contributed by atoms with van der Waals surface area (Å²) in [6, 6.07) is 17.0. The Balaban J connectivity index is 1.17. The second-order valence-electron chi connectivity index (χ2n) is 11.1. The number of carbonyl (C=O) groups excluding carboxylic acids is 1. The van der Waals surface area contributed by atoms with Gasteiger partial charge >= 0.3 is 6.09 Å². The van der Waals surface area contributed by atoms with Crippen LogP contribution in [0.5, 0.6) is 5.75 Å². The van der Waals surface area contributed by atoms with Gasteiger partial charge in [-0.25, -0.2) is 17.6 Å². The summed E-state index contributed by atoms with van der Waals surface area (Å²) in [5.74, 6) is 1.11. The fourth-order valence-corrected chi connectivity index (χ4v) is 6.67. The van der Waals surface area contributed by atoms with E-state index in [0.717, 1.165) is 54.9 Å². The fraction of sp³-hybridized carbons (Fsp3) is 0.387.